The van der Waals surface area contributed by atoms with Crippen molar-refractivity contribution in [1.82, 2.24) is 29.1 Å². The van der Waals surface area contributed by atoms with Gasteiger partial charge < -0.3 is 9.30 Å². The summed E-state index contributed by atoms with van der Waals surface area (Å²) in [5.41, 5.74) is -0.702. The fraction of sp³-hybridized carbons (Fsp3) is 0.250. The summed E-state index contributed by atoms with van der Waals surface area (Å²) in [6.07, 6.45) is -11.1. The highest BCUT2D eigenvalue weighted by atomic mass is 32.2. The van der Waals surface area contributed by atoms with E-state index in [1.165, 1.54) is 42.9 Å². The van der Waals surface area contributed by atoms with Gasteiger partial charge in [0.25, 0.3) is 0 Å². The summed E-state index contributed by atoms with van der Waals surface area (Å²) in [5.74, 6) is -0.940. The van der Waals surface area contributed by atoms with Crippen LogP contribution in [0.1, 0.15) is 12.6 Å². The lowest BCUT2D eigenvalue weighted by atomic mass is 10.1. The van der Waals surface area contributed by atoms with Gasteiger partial charge in [-0.2, -0.15) is 35.8 Å². The van der Waals surface area contributed by atoms with E-state index in [2.05, 4.69) is 24.8 Å². The SMILES string of the molecule is CCS(=O)(=O)c1nn2ccc(-c3ccc(OC(F)(F)C(F)F)cc3)nc2c1-c1nc2cc(C(F)(F)F)ncc2n1C. The molecule has 0 aliphatic rings. The molecule has 0 atom stereocenters. The minimum Gasteiger partial charge on any atom is -0.428 e. The van der Waals surface area contributed by atoms with Crippen LogP contribution in [-0.2, 0) is 23.1 Å². The maximum Gasteiger partial charge on any atom is 0.461 e. The van der Waals surface area contributed by atoms with Crippen LogP contribution in [0.3, 0.4) is 0 Å². The van der Waals surface area contributed by atoms with Crippen LogP contribution in [0.25, 0.3) is 39.3 Å². The van der Waals surface area contributed by atoms with E-state index < -0.39 is 45.0 Å². The molecule has 0 amide bonds. The van der Waals surface area contributed by atoms with Crippen LogP contribution in [0, 0.1) is 0 Å². The lowest BCUT2D eigenvalue weighted by molar-refractivity contribution is -0.253. The highest BCUT2D eigenvalue weighted by molar-refractivity contribution is 7.91. The molecule has 17 heteroatoms. The Bertz CT molecular complexity index is 1880. The lowest BCUT2D eigenvalue weighted by Crippen LogP contribution is -2.33. The lowest BCUT2D eigenvalue weighted by Gasteiger charge is -2.16. The first-order valence-electron chi connectivity index (χ1n) is 11.6. The largest absolute Gasteiger partial charge is 0.461 e. The molecule has 5 rings (SSSR count). The second kappa shape index (κ2) is 9.67. The second-order valence-electron chi connectivity index (χ2n) is 8.70. The number of nitrogens with zero attached hydrogens (tertiary/aromatic N) is 6. The van der Waals surface area contributed by atoms with Crippen molar-refractivity contribution < 1.29 is 43.9 Å². The zero-order valence-electron chi connectivity index (χ0n) is 20.9. The van der Waals surface area contributed by atoms with Crippen LogP contribution < -0.4 is 4.74 Å². The van der Waals surface area contributed by atoms with Crippen LogP contribution in [0.4, 0.5) is 30.7 Å². The van der Waals surface area contributed by atoms with Crippen molar-refractivity contribution in [2.45, 2.75) is 30.7 Å². The van der Waals surface area contributed by atoms with Gasteiger partial charge in [-0.1, -0.05) is 6.92 Å². The number of imidazole rings is 1. The molecule has 0 N–H and O–H groups in total. The molecular weight excluding hydrogens is 585 g/mol. The minimum atomic E-state index is -4.74. The molecule has 0 aliphatic carbocycles. The number of hydrogen-bond acceptors (Lipinski definition) is 7. The Morgan fingerprint density at radius 3 is 2.32 bits per heavy atom. The van der Waals surface area contributed by atoms with Gasteiger partial charge in [0.2, 0.25) is 0 Å². The van der Waals surface area contributed by atoms with Gasteiger partial charge in [-0.3, -0.25) is 0 Å². The predicted molar refractivity (Wildman–Crippen MR) is 130 cm³/mol. The number of alkyl halides is 7. The van der Waals surface area contributed by atoms with Crippen molar-refractivity contribution in [1.29, 1.82) is 0 Å². The molecule has 5 aromatic rings. The Morgan fingerprint density at radius 2 is 1.71 bits per heavy atom. The van der Waals surface area contributed by atoms with Crippen LogP contribution in [0.2, 0.25) is 0 Å². The zero-order valence-corrected chi connectivity index (χ0v) is 21.7. The summed E-state index contributed by atoms with van der Waals surface area (Å²) in [7, 11) is -2.54. The van der Waals surface area contributed by atoms with E-state index in [0.717, 1.165) is 28.9 Å². The molecule has 4 heterocycles. The van der Waals surface area contributed by atoms with Crippen molar-refractivity contribution in [3.8, 4) is 28.4 Å². The van der Waals surface area contributed by atoms with E-state index in [4.69, 9.17) is 0 Å². The van der Waals surface area contributed by atoms with Crippen molar-refractivity contribution >= 4 is 26.5 Å². The number of ether oxygens (including phenoxy) is 1. The van der Waals surface area contributed by atoms with E-state index in [0.29, 0.717) is 5.56 Å². The first-order valence-corrected chi connectivity index (χ1v) is 13.2. The quantitative estimate of drug-likeness (QED) is 0.230. The van der Waals surface area contributed by atoms with E-state index in [-0.39, 0.29) is 39.5 Å². The minimum absolute atomic E-state index is 0.0264. The van der Waals surface area contributed by atoms with E-state index in [1.807, 2.05) is 0 Å². The molecule has 0 radical (unpaired) electrons. The van der Waals surface area contributed by atoms with Crippen LogP contribution >= 0.6 is 0 Å². The van der Waals surface area contributed by atoms with Gasteiger partial charge in [-0.15, -0.1) is 0 Å². The average Bonchev–Trinajstić information content (AvgIpc) is 3.45. The third kappa shape index (κ3) is 5.05. The predicted octanol–water partition coefficient (Wildman–Crippen LogP) is 5.39. The number of benzene rings is 1. The Balaban J connectivity index is 1.67. The summed E-state index contributed by atoms with van der Waals surface area (Å²) >= 11 is 0. The molecular formula is C24H17F7N6O3S. The summed E-state index contributed by atoms with van der Waals surface area (Å²) in [6.45, 7) is 1.39. The monoisotopic (exact) mass is 602 g/mol. The maximum atomic E-state index is 13.2. The van der Waals surface area contributed by atoms with E-state index in [1.54, 1.807) is 0 Å². The molecule has 0 saturated carbocycles. The van der Waals surface area contributed by atoms with Crippen LogP contribution in [0.5, 0.6) is 5.75 Å². The third-order valence-corrected chi connectivity index (χ3v) is 7.70. The van der Waals surface area contributed by atoms with Gasteiger partial charge in [0.1, 0.15) is 22.8 Å². The number of pyridine rings is 1. The molecule has 1 aromatic carbocycles. The molecule has 0 aliphatic heterocycles. The topological polar surface area (TPSA) is 104 Å². The molecule has 9 nitrogen and oxygen atoms in total. The van der Waals surface area contributed by atoms with Gasteiger partial charge in [0, 0.05) is 18.8 Å². The number of aromatic nitrogens is 6. The first-order chi connectivity index (χ1) is 19.1. The summed E-state index contributed by atoms with van der Waals surface area (Å²) in [4.78, 5) is 12.2. The molecule has 41 heavy (non-hydrogen) atoms. The first kappa shape index (κ1) is 28.3. The van der Waals surface area contributed by atoms with Gasteiger partial charge in [-0.25, -0.2) is 27.9 Å². The average molecular weight is 602 g/mol. The fourth-order valence-corrected chi connectivity index (χ4v) is 4.96. The molecule has 0 saturated heterocycles. The highest BCUT2D eigenvalue weighted by Crippen LogP contribution is 2.36. The molecule has 216 valence electrons. The molecule has 0 fully saturated rings. The number of fused-ring (bicyclic) bond motifs is 2. The Hall–Kier alpha value is -4.28. The number of halogens is 7. The van der Waals surface area contributed by atoms with E-state index in [9.17, 15) is 39.2 Å². The molecule has 0 bridgehead atoms. The highest BCUT2D eigenvalue weighted by Gasteiger charge is 2.44. The zero-order chi connectivity index (χ0) is 29.9. The van der Waals surface area contributed by atoms with Gasteiger partial charge in [-0.05, 0) is 36.4 Å². The van der Waals surface area contributed by atoms with Gasteiger partial charge in [0.15, 0.2) is 20.5 Å². The summed E-state index contributed by atoms with van der Waals surface area (Å²) in [5, 5.41) is 3.74. The van der Waals surface area contributed by atoms with Gasteiger partial charge >= 0.3 is 18.7 Å². The van der Waals surface area contributed by atoms with Crippen LogP contribution in [0.15, 0.2) is 53.8 Å². The Morgan fingerprint density at radius 1 is 1.02 bits per heavy atom. The van der Waals surface area contributed by atoms with E-state index >= 15 is 0 Å². The molecule has 0 unspecified atom stereocenters. The Kier molecular flexibility index (Phi) is 6.67. The van der Waals surface area contributed by atoms with Crippen molar-refractivity contribution in [3.63, 3.8) is 0 Å². The maximum absolute atomic E-state index is 13.2. The fourth-order valence-electron chi connectivity index (χ4n) is 3.98. The van der Waals surface area contributed by atoms with Crippen molar-refractivity contribution in [3.05, 3.63) is 54.5 Å². The number of aryl methyl sites for hydroxylation is 1. The van der Waals surface area contributed by atoms with Gasteiger partial charge in [0.05, 0.1) is 28.7 Å². The Labute approximate surface area is 226 Å². The summed E-state index contributed by atoms with van der Waals surface area (Å²) < 4.78 is 124. The smallest absolute Gasteiger partial charge is 0.428 e. The second-order valence-corrected chi connectivity index (χ2v) is 10.9. The molecule has 0 spiro atoms. The third-order valence-electron chi connectivity index (χ3n) is 6.07. The summed E-state index contributed by atoms with van der Waals surface area (Å²) in [6, 6.07) is 6.77. The molecule has 4 aromatic heterocycles. The van der Waals surface area contributed by atoms with Crippen molar-refractivity contribution in [2.75, 3.05) is 5.75 Å². The number of hydrogen-bond donors (Lipinski definition) is 0. The standard InChI is InChI=1S/C24H17F7N6O3S/c1-3-41(38,39)21-18(19-34-15-10-17(23(27,28)29)32-11-16(15)36(19)2)20-33-14(8-9-37(20)35-21)12-4-6-13(7-5-12)40-24(30,31)22(25)26/h4-11,22H,3H2,1-2H3. The number of sulfone groups is 1. The van der Waals surface area contributed by atoms with Crippen LogP contribution in [-0.4, -0.2) is 55.8 Å². The number of rotatable bonds is 7. The normalized spacial score (nSPS) is 13.0. The van der Waals surface area contributed by atoms with Crippen molar-refractivity contribution in [2.24, 2.45) is 7.05 Å².